The standard InChI is InChI=1S/C23H27N5O3S/c1-3-28-22(18-11-7-8-12-19(18)31-2)25-26-23(28)32-16-21(30)27(14-13-20(24)29)15-17-9-5-4-6-10-17/h4-12H,3,13-16H2,1-2H3,(H2,24,29). The molecule has 0 saturated heterocycles. The number of rotatable bonds is 11. The first-order chi connectivity index (χ1) is 15.5. The Balaban J connectivity index is 1.74. The van der Waals surface area contributed by atoms with E-state index in [0.717, 1.165) is 11.1 Å². The number of para-hydroxylation sites is 1. The van der Waals surface area contributed by atoms with Crippen molar-refractivity contribution in [3.63, 3.8) is 0 Å². The van der Waals surface area contributed by atoms with Gasteiger partial charge in [-0.1, -0.05) is 54.2 Å². The number of ether oxygens (including phenoxy) is 1. The van der Waals surface area contributed by atoms with Gasteiger partial charge in [0.2, 0.25) is 11.8 Å². The minimum absolute atomic E-state index is 0.0930. The van der Waals surface area contributed by atoms with E-state index in [1.54, 1.807) is 12.0 Å². The first-order valence-electron chi connectivity index (χ1n) is 10.3. The Bertz CT molecular complexity index is 1050. The lowest BCUT2D eigenvalue weighted by Crippen LogP contribution is -2.34. The van der Waals surface area contributed by atoms with Crippen LogP contribution in [-0.4, -0.2) is 50.9 Å². The number of carbonyl (C=O) groups excluding carboxylic acids is 2. The molecule has 0 radical (unpaired) electrons. The Morgan fingerprint density at radius 3 is 2.50 bits per heavy atom. The van der Waals surface area contributed by atoms with Crippen LogP contribution in [0.2, 0.25) is 0 Å². The summed E-state index contributed by atoms with van der Waals surface area (Å²) in [7, 11) is 1.62. The van der Waals surface area contributed by atoms with Crippen LogP contribution in [0, 0.1) is 0 Å². The van der Waals surface area contributed by atoms with Crippen molar-refractivity contribution in [1.82, 2.24) is 19.7 Å². The number of thioether (sulfide) groups is 1. The molecular formula is C23H27N5O3S. The van der Waals surface area contributed by atoms with Crippen LogP contribution >= 0.6 is 11.8 Å². The summed E-state index contributed by atoms with van der Waals surface area (Å²) in [6.07, 6.45) is 0.117. The molecule has 8 nitrogen and oxygen atoms in total. The Kier molecular flexibility index (Phi) is 8.27. The van der Waals surface area contributed by atoms with Gasteiger partial charge in [-0.2, -0.15) is 0 Å². The zero-order chi connectivity index (χ0) is 22.9. The van der Waals surface area contributed by atoms with Crippen LogP contribution < -0.4 is 10.5 Å². The fourth-order valence-corrected chi connectivity index (χ4v) is 4.17. The maximum atomic E-state index is 13.0. The van der Waals surface area contributed by atoms with Gasteiger partial charge in [-0.25, -0.2) is 0 Å². The summed E-state index contributed by atoms with van der Waals surface area (Å²) in [4.78, 5) is 25.9. The molecule has 0 aliphatic carbocycles. The van der Waals surface area contributed by atoms with Crippen LogP contribution in [0.15, 0.2) is 59.8 Å². The summed E-state index contributed by atoms with van der Waals surface area (Å²) in [6.45, 7) is 3.34. The lowest BCUT2D eigenvalue weighted by atomic mass is 10.2. The second-order valence-electron chi connectivity index (χ2n) is 7.06. The van der Waals surface area contributed by atoms with Gasteiger partial charge in [-0.3, -0.25) is 9.59 Å². The third-order valence-corrected chi connectivity index (χ3v) is 5.85. The van der Waals surface area contributed by atoms with Crippen molar-refractivity contribution >= 4 is 23.6 Å². The number of carbonyl (C=O) groups is 2. The predicted molar refractivity (Wildman–Crippen MR) is 124 cm³/mol. The second kappa shape index (κ2) is 11.3. The quantitative estimate of drug-likeness (QED) is 0.448. The Labute approximate surface area is 191 Å². The number of primary amides is 1. The van der Waals surface area contributed by atoms with Crippen LogP contribution in [0.1, 0.15) is 18.9 Å². The summed E-state index contributed by atoms with van der Waals surface area (Å²) < 4.78 is 7.41. The largest absolute Gasteiger partial charge is 0.496 e. The number of methoxy groups -OCH3 is 1. The average Bonchev–Trinajstić information content (AvgIpc) is 3.23. The SMILES string of the molecule is CCn1c(SCC(=O)N(CCC(N)=O)Cc2ccccc2)nnc1-c1ccccc1OC. The average molecular weight is 454 g/mol. The first-order valence-corrected chi connectivity index (χ1v) is 11.3. The molecule has 2 amide bonds. The minimum Gasteiger partial charge on any atom is -0.496 e. The molecule has 2 N–H and O–H groups in total. The van der Waals surface area contributed by atoms with Gasteiger partial charge in [0.15, 0.2) is 11.0 Å². The summed E-state index contributed by atoms with van der Waals surface area (Å²) >= 11 is 1.32. The van der Waals surface area contributed by atoms with Crippen molar-refractivity contribution in [3.8, 4) is 17.1 Å². The smallest absolute Gasteiger partial charge is 0.233 e. The molecule has 0 bridgehead atoms. The van der Waals surface area contributed by atoms with E-state index in [4.69, 9.17) is 10.5 Å². The van der Waals surface area contributed by atoms with Crippen molar-refractivity contribution in [1.29, 1.82) is 0 Å². The van der Waals surface area contributed by atoms with Gasteiger partial charge in [0, 0.05) is 26.1 Å². The summed E-state index contributed by atoms with van der Waals surface area (Å²) in [5, 5.41) is 9.30. The zero-order valence-electron chi connectivity index (χ0n) is 18.2. The molecule has 1 aromatic heterocycles. The van der Waals surface area contributed by atoms with Gasteiger partial charge in [-0.15, -0.1) is 10.2 Å². The molecule has 0 saturated carbocycles. The van der Waals surface area contributed by atoms with Gasteiger partial charge in [0.25, 0.3) is 0 Å². The monoisotopic (exact) mass is 453 g/mol. The van der Waals surface area contributed by atoms with Crippen molar-refractivity contribution in [3.05, 3.63) is 60.2 Å². The van der Waals surface area contributed by atoms with E-state index in [9.17, 15) is 9.59 Å². The predicted octanol–water partition coefficient (Wildman–Crippen LogP) is 2.97. The molecule has 0 aliphatic heterocycles. The number of nitrogens with two attached hydrogens (primary N) is 1. The molecule has 0 aliphatic rings. The van der Waals surface area contributed by atoms with E-state index < -0.39 is 5.91 Å². The lowest BCUT2D eigenvalue weighted by Gasteiger charge is -2.22. The molecule has 2 aromatic carbocycles. The summed E-state index contributed by atoms with van der Waals surface area (Å²) in [5.74, 6) is 1.05. The molecule has 32 heavy (non-hydrogen) atoms. The van der Waals surface area contributed by atoms with Crippen LogP contribution in [0.25, 0.3) is 11.4 Å². The van der Waals surface area contributed by atoms with E-state index in [1.807, 2.05) is 66.1 Å². The highest BCUT2D eigenvalue weighted by Crippen LogP contribution is 2.30. The van der Waals surface area contributed by atoms with Crippen LogP contribution in [0.4, 0.5) is 0 Å². The molecule has 168 valence electrons. The van der Waals surface area contributed by atoms with Gasteiger partial charge in [0.1, 0.15) is 5.75 Å². The normalized spacial score (nSPS) is 10.7. The van der Waals surface area contributed by atoms with Gasteiger partial charge in [-0.05, 0) is 24.6 Å². The first kappa shape index (κ1) is 23.3. The molecule has 9 heteroatoms. The van der Waals surface area contributed by atoms with Crippen LogP contribution in [0.5, 0.6) is 5.75 Å². The van der Waals surface area contributed by atoms with E-state index in [-0.39, 0.29) is 24.6 Å². The number of benzene rings is 2. The molecular weight excluding hydrogens is 426 g/mol. The maximum absolute atomic E-state index is 13.0. The van der Waals surface area contributed by atoms with E-state index in [2.05, 4.69) is 10.2 Å². The molecule has 0 spiro atoms. The fourth-order valence-electron chi connectivity index (χ4n) is 3.27. The Morgan fingerprint density at radius 2 is 1.81 bits per heavy atom. The van der Waals surface area contributed by atoms with Gasteiger partial charge in [0.05, 0.1) is 18.4 Å². The highest BCUT2D eigenvalue weighted by molar-refractivity contribution is 7.99. The van der Waals surface area contributed by atoms with Crippen molar-refractivity contribution in [2.75, 3.05) is 19.4 Å². The van der Waals surface area contributed by atoms with Gasteiger partial charge < -0.3 is 19.9 Å². The third kappa shape index (κ3) is 5.88. The van der Waals surface area contributed by atoms with Crippen molar-refractivity contribution < 1.29 is 14.3 Å². The van der Waals surface area contributed by atoms with Gasteiger partial charge >= 0.3 is 0 Å². The molecule has 3 aromatic rings. The second-order valence-corrected chi connectivity index (χ2v) is 8.00. The highest BCUT2D eigenvalue weighted by atomic mass is 32.2. The van der Waals surface area contributed by atoms with E-state index in [1.165, 1.54) is 11.8 Å². The number of nitrogens with zero attached hydrogens (tertiary/aromatic N) is 4. The maximum Gasteiger partial charge on any atom is 0.233 e. The highest BCUT2D eigenvalue weighted by Gasteiger charge is 2.20. The van der Waals surface area contributed by atoms with E-state index in [0.29, 0.717) is 29.8 Å². The van der Waals surface area contributed by atoms with E-state index >= 15 is 0 Å². The zero-order valence-corrected chi connectivity index (χ0v) is 19.0. The molecule has 0 unspecified atom stereocenters. The number of aromatic nitrogens is 3. The van der Waals surface area contributed by atoms with Crippen LogP contribution in [-0.2, 0) is 22.7 Å². The third-order valence-electron chi connectivity index (χ3n) is 4.90. The van der Waals surface area contributed by atoms with Crippen LogP contribution in [0.3, 0.4) is 0 Å². The Hall–Kier alpha value is -3.33. The summed E-state index contributed by atoms with van der Waals surface area (Å²) in [6, 6.07) is 17.3. The number of amides is 2. The topological polar surface area (TPSA) is 103 Å². The fraction of sp³-hybridized carbons (Fsp3) is 0.304. The molecule has 1 heterocycles. The number of hydrogen-bond acceptors (Lipinski definition) is 6. The summed E-state index contributed by atoms with van der Waals surface area (Å²) in [5.41, 5.74) is 7.14. The van der Waals surface area contributed by atoms with Crippen molar-refractivity contribution in [2.45, 2.75) is 31.6 Å². The van der Waals surface area contributed by atoms with Crippen molar-refractivity contribution in [2.24, 2.45) is 5.73 Å². The molecule has 0 atom stereocenters. The lowest BCUT2D eigenvalue weighted by molar-refractivity contribution is -0.129. The Morgan fingerprint density at radius 1 is 1.09 bits per heavy atom. The molecule has 3 rings (SSSR count). The number of hydrogen-bond donors (Lipinski definition) is 1. The minimum atomic E-state index is -0.435. The molecule has 0 fully saturated rings.